The first kappa shape index (κ1) is 7.71. The maximum absolute atomic E-state index is 7.00. The van der Waals surface area contributed by atoms with Crippen LogP contribution in [-0.2, 0) is 21.1 Å². The van der Waals surface area contributed by atoms with E-state index >= 15 is 0 Å². The zero-order valence-electron chi connectivity index (χ0n) is 4.29. The van der Waals surface area contributed by atoms with Gasteiger partial charge in [0.05, 0.1) is 0 Å². The molecule has 1 aromatic carbocycles. The van der Waals surface area contributed by atoms with Gasteiger partial charge in [0.25, 0.3) is 0 Å². The molecular formula is C6H6MoN-. The maximum atomic E-state index is 7.00. The van der Waals surface area contributed by atoms with E-state index in [9.17, 15) is 0 Å². The van der Waals surface area contributed by atoms with Crippen molar-refractivity contribution in [3.8, 4) is 0 Å². The normalized spacial score (nSPS) is 7.50. The van der Waals surface area contributed by atoms with Crippen molar-refractivity contribution in [1.29, 1.82) is 0 Å². The third kappa shape index (κ3) is 2.13. The van der Waals surface area contributed by atoms with Crippen molar-refractivity contribution in [1.82, 2.24) is 0 Å². The Bertz CT molecular complexity index is 138. The van der Waals surface area contributed by atoms with Crippen LogP contribution in [0, 0.1) is 0 Å². The van der Waals surface area contributed by atoms with Gasteiger partial charge >= 0.3 is 0 Å². The van der Waals surface area contributed by atoms with Crippen molar-refractivity contribution in [2.45, 2.75) is 0 Å². The summed E-state index contributed by atoms with van der Waals surface area (Å²) in [6.45, 7) is 0. The Hall–Kier alpha value is -0.292. The Kier molecular flexibility index (Phi) is 3.54. The van der Waals surface area contributed by atoms with Crippen LogP contribution in [-0.4, -0.2) is 0 Å². The molecule has 0 saturated heterocycles. The molecule has 8 heavy (non-hydrogen) atoms. The van der Waals surface area contributed by atoms with Gasteiger partial charge in [0.2, 0.25) is 0 Å². The van der Waals surface area contributed by atoms with Crippen LogP contribution in [0.3, 0.4) is 0 Å². The summed E-state index contributed by atoms with van der Waals surface area (Å²) >= 11 is 0. The average Bonchev–Trinajstić information content (AvgIpc) is 1.69. The number of hydrogen-bond acceptors (Lipinski definition) is 0. The monoisotopic (exact) mass is 190 g/mol. The standard InChI is InChI=1S/C6H6N.Mo/c7-6-4-2-1-3-5-6;/h1-5,7H;/q-1;. The summed E-state index contributed by atoms with van der Waals surface area (Å²) in [6, 6.07) is 9.10. The summed E-state index contributed by atoms with van der Waals surface area (Å²) in [7, 11) is 0. The maximum Gasteiger partial charge on any atom is 0 e. The van der Waals surface area contributed by atoms with Crippen molar-refractivity contribution in [3.63, 3.8) is 0 Å². The van der Waals surface area contributed by atoms with E-state index in [1.54, 1.807) is 12.1 Å². The Morgan fingerprint density at radius 2 is 1.50 bits per heavy atom. The van der Waals surface area contributed by atoms with Gasteiger partial charge in [0.15, 0.2) is 0 Å². The molecule has 0 radical (unpaired) electrons. The van der Waals surface area contributed by atoms with Gasteiger partial charge in [-0.2, -0.15) is 0 Å². The third-order valence-electron chi connectivity index (χ3n) is 0.774. The minimum atomic E-state index is 0. The molecule has 0 unspecified atom stereocenters. The zero-order valence-corrected chi connectivity index (χ0v) is 6.30. The molecule has 0 aliphatic carbocycles. The van der Waals surface area contributed by atoms with Gasteiger partial charge in [-0.15, -0.1) is 5.69 Å². The van der Waals surface area contributed by atoms with Crippen molar-refractivity contribution in [2.24, 2.45) is 0 Å². The Morgan fingerprint density at radius 1 is 1.00 bits per heavy atom. The fourth-order valence-electron chi connectivity index (χ4n) is 0.438. The molecule has 1 rings (SSSR count). The molecule has 1 N–H and O–H groups in total. The summed E-state index contributed by atoms with van der Waals surface area (Å²) in [4.78, 5) is 0. The van der Waals surface area contributed by atoms with Crippen LogP contribution in [0.1, 0.15) is 0 Å². The molecule has 0 atom stereocenters. The van der Waals surface area contributed by atoms with Gasteiger partial charge in [0, 0.05) is 21.1 Å². The second-order valence-corrected chi connectivity index (χ2v) is 1.37. The molecule has 0 bridgehead atoms. The summed E-state index contributed by atoms with van der Waals surface area (Å²) in [5, 5.41) is 0. The van der Waals surface area contributed by atoms with Gasteiger partial charge in [-0.3, -0.25) is 0 Å². The van der Waals surface area contributed by atoms with E-state index in [1.807, 2.05) is 18.2 Å². The number of hydrogen-bond donors (Lipinski definition) is 0. The van der Waals surface area contributed by atoms with E-state index in [1.165, 1.54) is 0 Å². The quantitative estimate of drug-likeness (QED) is 0.558. The largest absolute Gasteiger partial charge is 0.699 e. The summed E-state index contributed by atoms with van der Waals surface area (Å²) < 4.78 is 0. The number of rotatable bonds is 0. The molecular weight excluding hydrogens is 182 g/mol. The van der Waals surface area contributed by atoms with Gasteiger partial charge in [0.1, 0.15) is 0 Å². The second-order valence-electron chi connectivity index (χ2n) is 1.37. The first-order valence-corrected chi connectivity index (χ1v) is 2.16. The molecule has 0 aliphatic rings. The van der Waals surface area contributed by atoms with E-state index in [-0.39, 0.29) is 21.1 Å². The van der Waals surface area contributed by atoms with Crippen LogP contribution in [0.4, 0.5) is 5.69 Å². The van der Waals surface area contributed by atoms with E-state index in [2.05, 4.69) is 0 Å². The molecule has 0 spiro atoms. The second kappa shape index (κ2) is 3.68. The first-order valence-electron chi connectivity index (χ1n) is 2.16. The van der Waals surface area contributed by atoms with E-state index in [0.717, 1.165) is 0 Å². The predicted molar refractivity (Wildman–Crippen MR) is 30.4 cm³/mol. The Balaban J connectivity index is 0.000000490. The molecule has 1 aromatic rings. The van der Waals surface area contributed by atoms with Crippen molar-refractivity contribution >= 4 is 5.69 Å². The zero-order chi connectivity index (χ0) is 5.11. The van der Waals surface area contributed by atoms with Crippen LogP contribution in [0.25, 0.3) is 5.73 Å². The minimum absolute atomic E-state index is 0. The molecule has 2 heteroatoms. The Morgan fingerprint density at radius 3 is 1.75 bits per heavy atom. The van der Waals surface area contributed by atoms with Gasteiger partial charge in [-0.1, -0.05) is 30.3 Å². The fourth-order valence-corrected chi connectivity index (χ4v) is 0.438. The SMILES string of the molecule is [Mo].[NH-]c1ccccc1. The topological polar surface area (TPSA) is 23.8 Å². The third-order valence-corrected chi connectivity index (χ3v) is 0.774. The van der Waals surface area contributed by atoms with Crippen LogP contribution in [0.5, 0.6) is 0 Å². The summed E-state index contributed by atoms with van der Waals surface area (Å²) in [6.07, 6.45) is 0. The molecule has 42 valence electrons. The summed E-state index contributed by atoms with van der Waals surface area (Å²) in [5.41, 5.74) is 7.57. The number of nitrogens with one attached hydrogen (secondary N) is 1. The van der Waals surface area contributed by atoms with Gasteiger partial charge in [-0.25, -0.2) is 0 Å². The van der Waals surface area contributed by atoms with E-state index < -0.39 is 0 Å². The molecule has 0 aromatic heterocycles. The van der Waals surface area contributed by atoms with Crippen LogP contribution >= 0.6 is 0 Å². The van der Waals surface area contributed by atoms with Crippen LogP contribution < -0.4 is 0 Å². The van der Waals surface area contributed by atoms with Gasteiger partial charge in [-0.05, 0) is 0 Å². The van der Waals surface area contributed by atoms with Crippen molar-refractivity contribution < 1.29 is 21.1 Å². The van der Waals surface area contributed by atoms with Crippen molar-refractivity contribution in [2.75, 3.05) is 0 Å². The molecule has 0 heterocycles. The molecule has 1 nitrogen and oxygen atoms in total. The fraction of sp³-hybridized carbons (Fsp3) is 0. The predicted octanol–water partition coefficient (Wildman–Crippen LogP) is 2.37. The molecule has 0 amide bonds. The summed E-state index contributed by atoms with van der Waals surface area (Å²) in [5.74, 6) is 0. The van der Waals surface area contributed by atoms with Crippen LogP contribution in [0.15, 0.2) is 30.3 Å². The molecule has 0 fully saturated rings. The smallest absolute Gasteiger partial charge is 0 e. The van der Waals surface area contributed by atoms with E-state index in [4.69, 9.17) is 5.73 Å². The molecule has 0 saturated carbocycles. The van der Waals surface area contributed by atoms with E-state index in [0.29, 0.717) is 5.69 Å². The van der Waals surface area contributed by atoms with Crippen molar-refractivity contribution in [3.05, 3.63) is 36.1 Å². The van der Waals surface area contributed by atoms with Crippen LogP contribution in [0.2, 0.25) is 0 Å². The number of benzene rings is 1. The van der Waals surface area contributed by atoms with Gasteiger partial charge < -0.3 is 5.73 Å². The average molecular weight is 188 g/mol. The first-order chi connectivity index (χ1) is 3.39. The molecule has 0 aliphatic heterocycles. The Labute approximate surface area is 63.2 Å². The minimum Gasteiger partial charge on any atom is -0.699 e.